The predicted molar refractivity (Wildman–Crippen MR) is 88.7 cm³/mol. The Labute approximate surface area is 139 Å². The average molecular weight is 322 g/mol. The summed E-state index contributed by atoms with van der Waals surface area (Å²) >= 11 is 0. The normalized spacial score (nSPS) is 12.0. The maximum atomic E-state index is 12.4. The molecule has 2 aromatic heterocycles. The SMILES string of the molecule is Cc1ncc(C(=O)N[C@H](C)c2ccc(-n3cncn3)cc2)c(C)n1. The monoisotopic (exact) mass is 322 g/mol. The van der Waals surface area contributed by atoms with Crippen molar-refractivity contribution < 1.29 is 4.79 Å². The van der Waals surface area contributed by atoms with Crippen LogP contribution in [0.25, 0.3) is 5.69 Å². The van der Waals surface area contributed by atoms with Gasteiger partial charge in [0.25, 0.3) is 5.91 Å². The first-order valence-electron chi connectivity index (χ1n) is 7.60. The molecule has 0 unspecified atom stereocenters. The first kappa shape index (κ1) is 15.8. The first-order chi connectivity index (χ1) is 11.5. The average Bonchev–Trinajstić information content (AvgIpc) is 3.09. The number of carbonyl (C=O) groups is 1. The van der Waals surface area contributed by atoms with E-state index in [2.05, 4.69) is 25.4 Å². The van der Waals surface area contributed by atoms with E-state index in [-0.39, 0.29) is 11.9 Å². The van der Waals surface area contributed by atoms with Gasteiger partial charge in [-0.2, -0.15) is 5.10 Å². The molecule has 0 bridgehead atoms. The molecule has 7 nitrogen and oxygen atoms in total. The van der Waals surface area contributed by atoms with E-state index in [0.717, 1.165) is 11.3 Å². The van der Waals surface area contributed by atoms with Crippen LogP contribution in [-0.4, -0.2) is 30.6 Å². The molecule has 1 aromatic carbocycles. The number of benzene rings is 1. The van der Waals surface area contributed by atoms with Gasteiger partial charge in [-0.05, 0) is 38.5 Å². The topological polar surface area (TPSA) is 85.6 Å². The number of carbonyl (C=O) groups excluding carboxylic acids is 1. The fourth-order valence-corrected chi connectivity index (χ4v) is 2.42. The number of hydrogen-bond acceptors (Lipinski definition) is 5. The maximum absolute atomic E-state index is 12.4. The molecule has 0 radical (unpaired) electrons. The molecular formula is C17H18N6O. The largest absolute Gasteiger partial charge is 0.345 e. The lowest BCUT2D eigenvalue weighted by molar-refractivity contribution is 0.0938. The Hall–Kier alpha value is -3.09. The van der Waals surface area contributed by atoms with Crippen molar-refractivity contribution in [2.45, 2.75) is 26.8 Å². The molecule has 2 heterocycles. The Bertz CT molecular complexity index is 842. The Kier molecular flexibility index (Phi) is 4.33. The zero-order valence-corrected chi connectivity index (χ0v) is 13.8. The second-order valence-electron chi connectivity index (χ2n) is 5.54. The second kappa shape index (κ2) is 6.57. The molecule has 7 heteroatoms. The Balaban J connectivity index is 1.72. The van der Waals surface area contributed by atoms with Crippen molar-refractivity contribution in [1.29, 1.82) is 0 Å². The van der Waals surface area contributed by atoms with Gasteiger partial charge in [-0.1, -0.05) is 12.1 Å². The Morgan fingerprint density at radius 1 is 1.21 bits per heavy atom. The van der Waals surface area contributed by atoms with Gasteiger partial charge in [0.15, 0.2) is 0 Å². The van der Waals surface area contributed by atoms with Crippen molar-refractivity contribution in [3.05, 3.63) is 65.8 Å². The van der Waals surface area contributed by atoms with Gasteiger partial charge >= 0.3 is 0 Å². The molecule has 0 aliphatic heterocycles. The summed E-state index contributed by atoms with van der Waals surface area (Å²) in [6.45, 7) is 5.54. The highest BCUT2D eigenvalue weighted by atomic mass is 16.1. The number of aryl methyl sites for hydroxylation is 2. The number of rotatable bonds is 4. The standard InChI is InChI=1S/C17H18N6O/c1-11(22-17(24)16-8-19-13(3)21-12(16)2)14-4-6-15(7-5-14)23-10-18-9-20-23/h4-11H,1-3H3,(H,22,24)/t11-/m1/s1. The molecule has 24 heavy (non-hydrogen) atoms. The van der Waals surface area contributed by atoms with E-state index in [0.29, 0.717) is 17.1 Å². The predicted octanol–water partition coefficient (Wildman–Crippen LogP) is 2.17. The van der Waals surface area contributed by atoms with Gasteiger partial charge < -0.3 is 5.32 Å². The summed E-state index contributed by atoms with van der Waals surface area (Å²) in [7, 11) is 0. The van der Waals surface area contributed by atoms with Crippen molar-refractivity contribution in [2.75, 3.05) is 0 Å². The highest BCUT2D eigenvalue weighted by Gasteiger charge is 2.15. The Morgan fingerprint density at radius 3 is 2.58 bits per heavy atom. The van der Waals surface area contributed by atoms with Crippen LogP contribution in [0.2, 0.25) is 0 Å². The molecule has 0 aliphatic rings. The number of amides is 1. The van der Waals surface area contributed by atoms with Crippen LogP contribution in [0.3, 0.4) is 0 Å². The van der Waals surface area contributed by atoms with E-state index < -0.39 is 0 Å². The summed E-state index contributed by atoms with van der Waals surface area (Å²) < 4.78 is 1.68. The van der Waals surface area contributed by atoms with Crippen LogP contribution < -0.4 is 5.32 Å². The van der Waals surface area contributed by atoms with Gasteiger partial charge in [-0.25, -0.2) is 19.6 Å². The van der Waals surface area contributed by atoms with Crippen molar-refractivity contribution >= 4 is 5.91 Å². The molecule has 0 saturated heterocycles. The highest BCUT2D eigenvalue weighted by Crippen LogP contribution is 2.16. The minimum absolute atomic E-state index is 0.136. The lowest BCUT2D eigenvalue weighted by Crippen LogP contribution is -2.27. The molecule has 1 amide bonds. The molecule has 1 atom stereocenters. The minimum Gasteiger partial charge on any atom is -0.345 e. The molecule has 0 aliphatic carbocycles. The lowest BCUT2D eigenvalue weighted by atomic mass is 10.1. The third-order valence-corrected chi connectivity index (χ3v) is 3.77. The molecule has 122 valence electrons. The molecule has 3 aromatic rings. The van der Waals surface area contributed by atoms with Crippen molar-refractivity contribution in [2.24, 2.45) is 0 Å². The van der Waals surface area contributed by atoms with Crippen LogP contribution in [0.15, 0.2) is 43.1 Å². The molecule has 3 rings (SSSR count). The van der Waals surface area contributed by atoms with Gasteiger partial charge in [0.1, 0.15) is 18.5 Å². The fourth-order valence-electron chi connectivity index (χ4n) is 2.42. The number of nitrogens with zero attached hydrogens (tertiary/aromatic N) is 5. The van der Waals surface area contributed by atoms with Crippen LogP contribution in [-0.2, 0) is 0 Å². The van der Waals surface area contributed by atoms with Crippen molar-refractivity contribution in [3.8, 4) is 5.69 Å². The smallest absolute Gasteiger partial charge is 0.255 e. The van der Waals surface area contributed by atoms with Crippen LogP contribution in [0.5, 0.6) is 0 Å². The van der Waals surface area contributed by atoms with Crippen LogP contribution in [0.1, 0.15) is 40.4 Å². The molecular weight excluding hydrogens is 304 g/mol. The van der Waals surface area contributed by atoms with Gasteiger partial charge in [0.2, 0.25) is 0 Å². The highest BCUT2D eigenvalue weighted by molar-refractivity contribution is 5.95. The molecule has 1 N–H and O–H groups in total. The zero-order chi connectivity index (χ0) is 17.1. The molecule has 0 fully saturated rings. The zero-order valence-electron chi connectivity index (χ0n) is 13.8. The second-order valence-corrected chi connectivity index (χ2v) is 5.54. The van der Waals surface area contributed by atoms with E-state index in [1.807, 2.05) is 31.2 Å². The number of hydrogen-bond donors (Lipinski definition) is 1. The third-order valence-electron chi connectivity index (χ3n) is 3.77. The van der Waals surface area contributed by atoms with E-state index in [1.54, 1.807) is 31.1 Å². The quantitative estimate of drug-likeness (QED) is 0.795. The summed E-state index contributed by atoms with van der Waals surface area (Å²) in [6, 6.07) is 7.66. The number of aromatic nitrogens is 5. The summed E-state index contributed by atoms with van der Waals surface area (Å²) in [6.07, 6.45) is 4.69. The van der Waals surface area contributed by atoms with E-state index in [9.17, 15) is 4.79 Å². The summed E-state index contributed by atoms with van der Waals surface area (Å²) in [4.78, 5) is 24.6. The van der Waals surface area contributed by atoms with Crippen molar-refractivity contribution in [3.63, 3.8) is 0 Å². The van der Waals surface area contributed by atoms with Gasteiger partial charge in [0.05, 0.1) is 23.0 Å². The first-order valence-corrected chi connectivity index (χ1v) is 7.60. The molecule has 0 saturated carbocycles. The molecule has 0 spiro atoms. The van der Waals surface area contributed by atoms with Gasteiger partial charge in [0, 0.05) is 6.20 Å². The fraction of sp³-hybridized carbons (Fsp3) is 0.235. The summed E-state index contributed by atoms with van der Waals surface area (Å²) in [5.74, 6) is 0.473. The summed E-state index contributed by atoms with van der Waals surface area (Å²) in [5.41, 5.74) is 3.08. The van der Waals surface area contributed by atoms with E-state index in [4.69, 9.17) is 0 Å². The number of nitrogens with one attached hydrogen (secondary N) is 1. The minimum atomic E-state index is -0.180. The van der Waals surface area contributed by atoms with Gasteiger partial charge in [-0.3, -0.25) is 4.79 Å². The van der Waals surface area contributed by atoms with Crippen LogP contribution >= 0.6 is 0 Å². The van der Waals surface area contributed by atoms with Crippen LogP contribution in [0, 0.1) is 13.8 Å². The van der Waals surface area contributed by atoms with Crippen LogP contribution in [0.4, 0.5) is 0 Å². The maximum Gasteiger partial charge on any atom is 0.255 e. The third kappa shape index (κ3) is 3.29. The summed E-state index contributed by atoms with van der Waals surface area (Å²) in [5, 5.41) is 7.06. The van der Waals surface area contributed by atoms with E-state index in [1.165, 1.54) is 6.33 Å². The lowest BCUT2D eigenvalue weighted by Gasteiger charge is -2.15. The van der Waals surface area contributed by atoms with Gasteiger partial charge in [-0.15, -0.1) is 0 Å². The Morgan fingerprint density at radius 2 is 1.96 bits per heavy atom. The van der Waals surface area contributed by atoms with Crippen molar-refractivity contribution in [1.82, 2.24) is 30.0 Å². The van der Waals surface area contributed by atoms with E-state index >= 15 is 0 Å².